The Labute approximate surface area is 160 Å². The third-order valence-corrected chi connectivity index (χ3v) is 4.59. The number of H-pyrrole nitrogens is 1. The Morgan fingerprint density at radius 3 is 2.23 bits per heavy atom. The Bertz CT molecular complexity index is 918. The number of nitrogens with zero attached hydrogens (tertiary/aromatic N) is 2. The van der Waals surface area contributed by atoms with Crippen LogP contribution in [0.2, 0.25) is 0 Å². The number of hydrogen-bond acceptors (Lipinski definition) is 3. The Morgan fingerprint density at radius 2 is 1.69 bits per heavy atom. The molecule has 3 aromatic rings. The minimum atomic E-state index is 0.250. The number of phenolic OH excluding ortho intramolecular Hbond substituents is 1. The van der Waals surface area contributed by atoms with Crippen LogP contribution in [0.1, 0.15) is 44.4 Å². The maximum Gasteiger partial charge on any atom is 0.200 e. The van der Waals surface area contributed by atoms with Crippen molar-refractivity contribution in [2.45, 2.75) is 47.5 Å². The number of hydrogen-bond donors (Lipinski definition) is 2. The molecule has 3 rings (SSSR count). The molecule has 0 atom stereocenters. The zero-order chi connectivity index (χ0) is 19.3. The third-order valence-electron chi connectivity index (χ3n) is 4.31. The first-order valence-electron chi connectivity index (χ1n) is 9.15. The number of aryl methyl sites for hydroxylation is 3. The highest BCUT2D eigenvalue weighted by Gasteiger charge is 2.17. The van der Waals surface area contributed by atoms with E-state index in [1.165, 1.54) is 11.1 Å². The predicted octanol–water partition coefficient (Wildman–Crippen LogP) is 5.76. The SMILES string of the molecule is CC.CCc1cccc(CC)c1-n1c(-c2ccc(O)cc2C)n[nH]c1=S. The summed E-state index contributed by atoms with van der Waals surface area (Å²) in [6.45, 7) is 10.3. The maximum absolute atomic E-state index is 9.68. The number of nitrogens with one attached hydrogen (secondary N) is 1. The minimum absolute atomic E-state index is 0.250. The van der Waals surface area contributed by atoms with Crippen molar-refractivity contribution in [1.82, 2.24) is 14.8 Å². The molecule has 0 radical (unpaired) electrons. The lowest BCUT2D eigenvalue weighted by molar-refractivity contribution is 0.475. The third kappa shape index (κ3) is 3.73. The summed E-state index contributed by atoms with van der Waals surface area (Å²) < 4.78 is 2.60. The van der Waals surface area contributed by atoms with E-state index < -0.39 is 0 Å². The minimum Gasteiger partial charge on any atom is -0.508 e. The zero-order valence-electron chi connectivity index (χ0n) is 16.1. The highest BCUT2D eigenvalue weighted by atomic mass is 32.1. The van der Waals surface area contributed by atoms with Crippen LogP contribution in [0.25, 0.3) is 17.1 Å². The molecule has 26 heavy (non-hydrogen) atoms. The summed E-state index contributed by atoms with van der Waals surface area (Å²) in [5.74, 6) is 1.02. The van der Waals surface area contributed by atoms with Crippen LogP contribution in [-0.4, -0.2) is 19.9 Å². The first kappa shape index (κ1) is 19.9. The maximum atomic E-state index is 9.68. The van der Waals surface area contributed by atoms with Crippen LogP contribution in [0.4, 0.5) is 0 Å². The number of para-hydroxylation sites is 1. The molecule has 0 unspecified atom stereocenters. The summed E-state index contributed by atoms with van der Waals surface area (Å²) in [6.07, 6.45) is 1.84. The van der Waals surface area contributed by atoms with Crippen molar-refractivity contribution in [2.24, 2.45) is 0 Å². The standard InChI is InChI=1S/C19H21N3OS.C2H6/c1-4-13-7-6-8-14(5-2)17(13)22-18(20-21-19(22)24)16-10-9-15(23)11-12(16)3;1-2/h6-11,23H,4-5H2,1-3H3,(H,21,24);1-2H3. The van der Waals surface area contributed by atoms with E-state index in [-0.39, 0.29) is 5.75 Å². The zero-order valence-corrected chi connectivity index (χ0v) is 16.9. The predicted molar refractivity (Wildman–Crippen MR) is 111 cm³/mol. The average molecular weight is 370 g/mol. The van der Waals surface area contributed by atoms with Crippen LogP contribution in [0.5, 0.6) is 5.75 Å². The van der Waals surface area contributed by atoms with Gasteiger partial charge in [-0.05, 0) is 66.9 Å². The number of aromatic nitrogens is 3. The van der Waals surface area contributed by atoms with Gasteiger partial charge in [0.15, 0.2) is 10.6 Å². The van der Waals surface area contributed by atoms with E-state index in [0.717, 1.165) is 35.5 Å². The van der Waals surface area contributed by atoms with Gasteiger partial charge >= 0.3 is 0 Å². The molecular weight excluding hydrogens is 342 g/mol. The van der Waals surface area contributed by atoms with Gasteiger partial charge in [0.2, 0.25) is 0 Å². The van der Waals surface area contributed by atoms with Crippen molar-refractivity contribution in [3.63, 3.8) is 0 Å². The first-order valence-corrected chi connectivity index (χ1v) is 9.56. The van der Waals surface area contributed by atoms with Crippen molar-refractivity contribution in [2.75, 3.05) is 0 Å². The number of rotatable bonds is 4. The molecule has 138 valence electrons. The molecule has 4 nitrogen and oxygen atoms in total. The van der Waals surface area contributed by atoms with Gasteiger partial charge in [-0.25, -0.2) is 0 Å². The van der Waals surface area contributed by atoms with E-state index >= 15 is 0 Å². The summed E-state index contributed by atoms with van der Waals surface area (Å²) in [5.41, 5.74) is 5.50. The van der Waals surface area contributed by atoms with E-state index in [4.69, 9.17) is 12.2 Å². The van der Waals surface area contributed by atoms with Crippen LogP contribution in [0.15, 0.2) is 36.4 Å². The fourth-order valence-corrected chi connectivity index (χ4v) is 3.31. The molecule has 5 heteroatoms. The van der Waals surface area contributed by atoms with Gasteiger partial charge in [0, 0.05) is 5.56 Å². The van der Waals surface area contributed by atoms with E-state index in [0.29, 0.717) is 4.77 Å². The van der Waals surface area contributed by atoms with Gasteiger partial charge < -0.3 is 5.11 Å². The molecule has 0 aliphatic heterocycles. The van der Waals surface area contributed by atoms with Crippen LogP contribution >= 0.6 is 12.2 Å². The lowest BCUT2D eigenvalue weighted by Crippen LogP contribution is -2.06. The van der Waals surface area contributed by atoms with Crippen LogP contribution in [-0.2, 0) is 12.8 Å². The highest BCUT2D eigenvalue weighted by Crippen LogP contribution is 2.30. The first-order chi connectivity index (χ1) is 12.6. The summed E-state index contributed by atoms with van der Waals surface area (Å²) in [7, 11) is 0. The summed E-state index contributed by atoms with van der Waals surface area (Å²) in [4.78, 5) is 0. The topological polar surface area (TPSA) is 53.8 Å². The molecule has 1 aromatic heterocycles. The van der Waals surface area contributed by atoms with Gasteiger partial charge in [-0.15, -0.1) is 0 Å². The fraction of sp³-hybridized carbons (Fsp3) is 0.333. The second-order valence-corrected chi connectivity index (χ2v) is 6.21. The quantitative estimate of drug-likeness (QED) is 0.575. The van der Waals surface area contributed by atoms with Crippen molar-refractivity contribution >= 4 is 12.2 Å². The van der Waals surface area contributed by atoms with E-state index in [1.807, 2.05) is 31.4 Å². The molecule has 0 aliphatic carbocycles. The lowest BCUT2D eigenvalue weighted by atomic mass is 10.0. The lowest BCUT2D eigenvalue weighted by Gasteiger charge is -2.16. The molecule has 0 spiro atoms. The fourth-order valence-electron chi connectivity index (χ4n) is 3.09. The number of aromatic hydroxyl groups is 1. The van der Waals surface area contributed by atoms with Gasteiger partial charge in [0.1, 0.15) is 5.75 Å². The molecular formula is C21H27N3OS. The van der Waals surface area contributed by atoms with Gasteiger partial charge in [0.25, 0.3) is 0 Å². The molecule has 1 heterocycles. The van der Waals surface area contributed by atoms with E-state index in [9.17, 15) is 5.11 Å². The molecule has 0 fully saturated rings. The van der Waals surface area contributed by atoms with Gasteiger partial charge in [-0.2, -0.15) is 5.10 Å². The molecule has 0 aliphatic rings. The van der Waals surface area contributed by atoms with Crippen molar-refractivity contribution < 1.29 is 5.11 Å². The van der Waals surface area contributed by atoms with Crippen LogP contribution < -0.4 is 0 Å². The van der Waals surface area contributed by atoms with E-state index in [1.54, 1.807) is 12.1 Å². The Hall–Kier alpha value is -2.40. The number of phenols is 1. The molecule has 0 saturated heterocycles. The van der Waals surface area contributed by atoms with Gasteiger partial charge in [0.05, 0.1) is 5.69 Å². The van der Waals surface area contributed by atoms with Crippen molar-refractivity contribution in [3.05, 3.63) is 57.9 Å². The highest BCUT2D eigenvalue weighted by molar-refractivity contribution is 7.71. The van der Waals surface area contributed by atoms with E-state index in [2.05, 4.69) is 42.2 Å². The summed E-state index contributed by atoms with van der Waals surface area (Å²) in [6, 6.07) is 11.7. The average Bonchev–Trinajstić information content (AvgIpc) is 3.03. The summed E-state index contributed by atoms with van der Waals surface area (Å²) >= 11 is 5.53. The van der Waals surface area contributed by atoms with Crippen LogP contribution in [0.3, 0.4) is 0 Å². The molecule has 2 aromatic carbocycles. The second-order valence-electron chi connectivity index (χ2n) is 5.82. The van der Waals surface area contributed by atoms with Gasteiger partial charge in [-0.1, -0.05) is 45.9 Å². The Kier molecular flexibility index (Phi) is 6.75. The Morgan fingerprint density at radius 1 is 1.08 bits per heavy atom. The second kappa shape index (κ2) is 8.81. The summed E-state index contributed by atoms with van der Waals surface area (Å²) in [5, 5.41) is 17.1. The molecule has 0 saturated carbocycles. The van der Waals surface area contributed by atoms with Crippen molar-refractivity contribution in [1.29, 1.82) is 0 Å². The smallest absolute Gasteiger partial charge is 0.200 e. The van der Waals surface area contributed by atoms with Crippen molar-refractivity contribution in [3.8, 4) is 22.8 Å². The van der Waals surface area contributed by atoms with Gasteiger partial charge in [-0.3, -0.25) is 9.67 Å². The molecule has 0 amide bonds. The molecule has 0 bridgehead atoms. The number of benzene rings is 2. The monoisotopic (exact) mass is 369 g/mol. The number of aromatic amines is 1. The van der Waals surface area contributed by atoms with Crippen LogP contribution in [0, 0.1) is 11.7 Å². The largest absolute Gasteiger partial charge is 0.508 e. The molecule has 2 N–H and O–H groups in total. The normalized spacial score (nSPS) is 10.3. The Balaban J connectivity index is 0.00000117.